The van der Waals surface area contributed by atoms with Gasteiger partial charge in [-0.2, -0.15) is 5.26 Å². The maximum absolute atomic E-state index is 11.0. The third kappa shape index (κ3) is 2.86. The number of phenols is 1. The summed E-state index contributed by atoms with van der Waals surface area (Å²) in [4.78, 5) is 11.0. The van der Waals surface area contributed by atoms with Crippen molar-refractivity contribution >= 4 is 5.97 Å². The van der Waals surface area contributed by atoms with Gasteiger partial charge in [0.2, 0.25) is 0 Å². The average Bonchev–Trinajstić information content (AvgIpc) is 2.98. The number of aromatic nitrogens is 1. The van der Waals surface area contributed by atoms with E-state index in [2.05, 4.69) is 6.07 Å². The van der Waals surface area contributed by atoms with Crippen LogP contribution in [0.4, 0.5) is 0 Å². The molecular weight excluding hydrogens is 316 g/mol. The minimum absolute atomic E-state index is 0.161. The van der Waals surface area contributed by atoms with E-state index in [0.717, 1.165) is 22.3 Å². The van der Waals surface area contributed by atoms with Crippen LogP contribution in [0.15, 0.2) is 48.8 Å². The fraction of sp³-hybridized carbons (Fsp3) is 0.100. The Morgan fingerprint density at radius 3 is 2.36 bits per heavy atom. The highest BCUT2D eigenvalue weighted by Gasteiger charge is 2.15. The van der Waals surface area contributed by atoms with Crippen molar-refractivity contribution in [3.63, 3.8) is 0 Å². The zero-order valence-electron chi connectivity index (χ0n) is 13.8. The first kappa shape index (κ1) is 16.3. The van der Waals surface area contributed by atoms with Gasteiger partial charge in [0.25, 0.3) is 0 Å². The lowest BCUT2D eigenvalue weighted by Gasteiger charge is -2.09. The van der Waals surface area contributed by atoms with Gasteiger partial charge in [0.15, 0.2) is 0 Å². The van der Waals surface area contributed by atoms with Crippen molar-refractivity contribution in [2.45, 2.75) is 13.8 Å². The summed E-state index contributed by atoms with van der Waals surface area (Å²) in [6, 6.07) is 12.5. The zero-order valence-corrected chi connectivity index (χ0v) is 13.8. The SMILES string of the molecule is Cc1cccc(C)c1-c1cn(-c2ccc(C(=O)O)c(O)c2)cc1C#N. The second-order valence-electron chi connectivity index (χ2n) is 5.88. The number of carboxylic acids is 1. The molecule has 0 amide bonds. The molecule has 0 aliphatic carbocycles. The van der Waals surface area contributed by atoms with Crippen LogP contribution < -0.4 is 0 Å². The van der Waals surface area contributed by atoms with Crippen LogP contribution in [0.1, 0.15) is 27.0 Å². The Morgan fingerprint density at radius 2 is 1.80 bits per heavy atom. The number of rotatable bonds is 3. The molecule has 1 aromatic heterocycles. The molecule has 3 rings (SSSR count). The number of nitriles is 1. The summed E-state index contributed by atoms with van der Waals surface area (Å²) in [7, 11) is 0. The first-order chi connectivity index (χ1) is 11.9. The van der Waals surface area contributed by atoms with Crippen molar-refractivity contribution in [3.8, 4) is 28.6 Å². The molecule has 1 heterocycles. The summed E-state index contributed by atoms with van der Waals surface area (Å²) < 4.78 is 1.71. The number of nitrogens with zero attached hydrogens (tertiary/aromatic N) is 2. The molecule has 0 fully saturated rings. The van der Waals surface area contributed by atoms with Crippen molar-refractivity contribution in [3.05, 3.63) is 71.0 Å². The Bertz CT molecular complexity index is 1010. The van der Waals surface area contributed by atoms with E-state index in [1.807, 2.05) is 38.2 Å². The normalized spacial score (nSPS) is 10.4. The summed E-state index contributed by atoms with van der Waals surface area (Å²) in [5, 5.41) is 28.4. The van der Waals surface area contributed by atoms with Crippen LogP contribution in [-0.4, -0.2) is 20.7 Å². The van der Waals surface area contributed by atoms with E-state index in [1.165, 1.54) is 12.1 Å². The van der Waals surface area contributed by atoms with E-state index < -0.39 is 5.97 Å². The van der Waals surface area contributed by atoms with E-state index in [9.17, 15) is 15.2 Å². The predicted molar refractivity (Wildman–Crippen MR) is 94.0 cm³/mol. The summed E-state index contributed by atoms with van der Waals surface area (Å²) in [5.41, 5.74) is 4.88. The van der Waals surface area contributed by atoms with Crippen molar-refractivity contribution in [1.29, 1.82) is 5.26 Å². The quantitative estimate of drug-likeness (QED) is 0.758. The minimum Gasteiger partial charge on any atom is -0.507 e. The Hall–Kier alpha value is -3.52. The maximum atomic E-state index is 11.0. The van der Waals surface area contributed by atoms with Gasteiger partial charge < -0.3 is 14.8 Å². The third-order valence-corrected chi connectivity index (χ3v) is 4.21. The number of benzene rings is 2. The Labute approximate surface area is 145 Å². The lowest BCUT2D eigenvalue weighted by Crippen LogP contribution is -1.98. The molecule has 5 nitrogen and oxygen atoms in total. The minimum atomic E-state index is -1.19. The molecule has 3 aromatic rings. The molecule has 0 aliphatic heterocycles. The van der Waals surface area contributed by atoms with E-state index in [0.29, 0.717) is 11.3 Å². The molecule has 0 radical (unpaired) electrons. The molecule has 2 N–H and O–H groups in total. The van der Waals surface area contributed by atoms with Crippen LogP contribution in [0, 0.1) is 25.2 Å². The Kier molecular flexibility index (Phi) is 4.04. The molecule has 0 aliphatic rings. The van der Waals surface area contributed by atoms with E-state index in [1.54, 1.807) is 16.8 Å². The number of hydrogen-bond donors (Lipinski definition) is 2. The van der Waals surface area contributed by atoms with Crippen LogP contribution in [0.25, 0.3) is 16.8 Å². The molecule has 5 heteroatoms. The van der Waals surface area contributed by atoms with Gasteiger partial charge in [0, 0.05) is 29.7 Å². The number of aryl methyl sites for hydroxylation is 2. The van der Waals surface area contributed by atoms with Crippen LogP contribution in [-0.2, 0) is 0 Å². The zero-order chi connectivity index (χ0) is 18.1. The average molecular weight is 332 g/mol. The molecule has 0 saturated heterocycles. The van der Waals surface area contributed by atoms with Gasteiger partial charge in [-0.3, -0.25) is 0 Å². The topological polar surface area (TPSA) is 86.2 Å². The van der Waals surface area contributed by atoms with E-state index in [4.69, 9.17) is 5.11 Å². The standard InChI is InChI=1S/C20H16N2O3/c1-12-4-3-5-13(2)19(12)17-11-22(10-14(17)9-21)15-6-7-16(20(24)25)18(23)8-15/h3-8,10-11,23H,1-2H3,(H,24,25). The van der Waals surface area contributed by atoms with Gasteiger partial charge in [-0.1, -0.05) is 18.2 Å². The summed E-state index contributed by atoms with van der Waals surface area (Å²) >= 11 is 0. The smallest absolute Gasteiger partial charge is 0.339 e. The molecule has 2 aromatic carbocycles. The van der Waals surface area contributed by atoms with Crippen molar-refractivity contribution in [2.24, 2.45) is 0 Å². The Balaban J connectivity index is 2.16. The van der Waals surface area contributed by atoms with Crippen molar-refractivity contribution in [2.75, 3.05) is 0 Å². The number of hydrogen-bond acceptors (Lipinski definition) is 3. The highest BCUT2D eigenvalue weighted by atomic mass is 16.4. The van der Waals surface area contributed by atoms with Gasteiger partial charge in [-0.25, -0.2) is 4.79 Å². The Morgan fingerprint density at radius 1 is 1.12 bits per heavy atom. The van der Waals surface area contributed by atoms with Crippen LogP contribution >= 0.6 is 0 Å². The molecule has 0 spiro atoms. The molecule has 0 saturated carbocycles. The van der Waals surface area contributed by atoms with E-state index >= 15 is 0 Å². The van der Waals surface area contributed by atoms with Gasteiger partial charge in [-0.05, 0) is 42.7 Å². The fourth-order valence-corrected chi connectivity index (χ4v) is 2.99. The van der Waals surface area contributed by atoms with Gasteiger partial charge in [0.05, 0.1) is 5.56 Å². The highest BCUT2D eigenvalue weighted by Crippen LogP contribution is 2.32. The molecular formula is C20H16N2O3. The number of carboxylic acid groups (broad SMARTS) is 1. The fourth-order valence-electron chi connectivity index (χ4n) is 2.99. The monoisotopic (exact) mass is 332 g/mol. The number of carbonyl (C=O) groups is 1. The lowest BCUT2D eigenvalue weighted by molar-refractivity contribution is 0.0694. The lowest BCUT2D eigenvalue weighted by atomic mass is 9.95. The second-order valence-corrected chi connectivity index (χ2v) is 5.88. The second kappa shape index (κ2) is 6.17. The predicted octanol–water partition coefficient (Wildman–Crippen LogP) is 4.04. The molecule has 0 atom stereocenters. The van der Waals surface area contributed by atoms with Crippen LogP contribution in [0.5, 0.6) is 5.75 Å². The van der Waals surface area contributed by atoms with E-state index in [-0.39, 0.29) is 11.3 Å². The van der Waals surface area contributed by atoms with Crippen LogP contribution in [0.3, 0.4) is 0 Å². The van der Waals surface area contributed by atoms with Crippen molar-refractivity contribution in [1.82, 2.24) is 4.57 Å². The maximum Gasteiger partial charge on any atom is 0.339 e. The first-order valence-corrected chi connectivity index (χ1v) is 7.67. The van der Waals surface area contributed by atoms with Gasteiger partial charge >= 0.3 is 5.97 Å². The molecule has 0 bridgehead atoms. The molecule has 124 valence electrons. The highest BCUT2D eigenvalue weighted by molar-refractivity contribution is 5.91. The van der Waals surface area contributed by atoms with Crippen LogP contribution in [0.2, 0.25) is 0 Å². The third-order valence-electron chi connectivity index (χ3n) is 4.21. The summed E-state index contributed by atoms with van der Waals surface area (Å²) in [6.45, 7) is 3.99. The van der Waals surface area contributed by atoms with Gasteiger partial charge in [0.1, 0.15) is 17.4 Å². The number of aromatic carboxylic acids is 1. The summed E-state index contributed by atoms with van der Waals surface area (Å²) in [6.07, 6.45) is 3.50. The molecule has 25 heavy (non-hydrogen) atoms. The number of aromatic hydroxyl groups is 1. The molecule has 0 unspecified atom stereocenters. The first-order valence-electron chi connectivity index (χ1n) is 7.67. The summed E-state index contributed by atoms with van der Waals surface area (Å²) in [5.74, 6) is -1.50. The van der Waals surface area contributed by atoms with Gasteiger partial charge in [-0.15, -0.1) is 0 Å². The van der Waals surface area contributed by atoms with Crippen molar-refractivity contribution < 1.29 is 15.0 Å². The largest absolute Gasteiger partial charge is 0.507 e.